The van der Waals surface area contributed by atoms with Gasteiger partial charge in [0, 0.05) is 13.2 Å². The largest absolute Gasteiger partial charge is 0.379 e. The average Bonchev–Trinajstić information content (AvgIpc) is 2.42. The lowest BCUT2D eigenvalue weighted by Crippen LogP contribution is -2.27. The summed E-state index contributed by atoms with van der Waals surface area (Å²) >= 11 is 12.1. The minimum Gasteiger partial charge on any atom is -0.379 e. The van der Waals surface area contributed by atoms with Gasteiger partial charge in [0.05, 0.1) is 15.6 Å². The minimum atomic E-state index is -0.109. The molecule has 1 atom stereocenters. The first-order chi connectivity index (χ1) is 9.39. The summed E-state index contributed by atoms with van der Waals surface area (Å²) in [6, 6.07) is 6.14. The third-order valence-electron chi connectivity index (χ3n) is 3.57. The summed E-state index contributed by atoms with van der Waals surface area (Å²) in [5, 5.41) is 4.78. The molecule has 0 aromatic heterocycles. The molecule has 0 aliphatic heterocycles. The Kier molecular flexibility index (Phi) is 7.32. The minimum absolute atomic E-state index is 0.109. The molecule has 0 radical (unpaired) electrons. The number of rotatable bonds is 8. The van der Waals surface area contributed by atoms with Crippen molar-refractivity contribution in [1.82, 2.24) is 5.32 Å². The van der Waals surface area contributed by atoms with Crippen molar-refractivity contribution in [3.63, 3.8) is 0 Å². The van der Waals surface area contributed by atoms with Gasteiger partial charge >= 0.3 is 0 Å². The maximum atomic E-state index is 6.12. The van der Waals surface area contributed by atoms with Crippen molar-refractivity contribution in [2.45, 2.75) is 51.7 Å². The lowest BCUT2D eigenvalue weighted by Gasteiger charge is -2.27. The molecule has 1 aromatic carbocycles. The molecule has 0 heterocycles. The van der Waals surface area contributed by atoms with E-state index < -0.39 is 0 Å². The molecule has 4 heteroatoms. The second-order valence-corrected chi connectivity index (χ2v) is 6.50. The number of halogens is 2. The van der Waals surface area contributed by atoms with E-state index in [2.05, 4.69) is 26.1 Å². The van der Waals surface area contributed by atoms with Gasteiger partial charge in [-0.2, -0.15) is 0 Å². The molecule has 1 unspecified atom stereocenters. The van der Waals surface area contributed by atoms with Crippen LogP contribution in [0.2, 0.25) is 10.0 Å². The van der Waals surface area contributed by atoms with Gasteiger partial charge in [-0.15, -0.1) is 0 Å². The monoisotopic (exact) mass is 317 g/mol. The van der Waals surface area contributed by atoms with Gasteiger partial charge in [0.1, 0.15) is 0 Å². The number of benzene rings is 1. The second kappa shape index (κ2) is 8.23. The van der Waals surface area contributed by atoms with Crippen molar-refractivity contribution < 1.29 is 4.74 Å². The number of nitrogens with one attached hydrogen (secondary N) is 1. The predicted molar refractivity (Wildman–Crippen MR) is 87.8 cm³/mol. The smallest absolute Gasteiger partial charge is 0.0623 e. The highest BCUT2D eigenvalue weighted by atomic mass is 35.5. The number of hydrogen-bond donors (Lipinski definition) is 1. The summed E-state index contributed by atoms with van der Waals surface area (Å²) in [4.78, 5) is 0. The van der Waals surface area contributed by atoms with Crippen LogP contribution in [0.25, 0.3) is 0 Å². The highest BCUT2D eigenvalue weighted by Gasteiger charge is 2.20. The van der Waals surface area contributed by atoms with E-state index in [1.54, 1.807) is 7.11 Å². The Hall–Kier alpha value is -0.280. The van der Waals surface area contributed by atoms with Gasteiger partial charge < -0.3 is 10.1 Å². The van der Waals surface area contributed by atoms with Crippen molar-refractivity contribution in [2.24, 2.45) is 0 Å². The number of ether oxygens (including phenoxy) is 1. The zero-order valence-corrected chi connectivity index (χ0v) is 14.3. The molecule has 1 aromatic rings. The molecular weight excluding hydrogens is 293 g/mol. The van der Waals surface area contributed by atoms with Crippen LogP contribution in [0.5, 0.6) is 0 Å². The van der Waals surface area contributed by atoms with Crippen LogP contribution in [0.4, 0.5) is 0 Å². The van der Waals surface area contributed by atoms with Crippen molar-refractivity contribution in [1.29, 1.82) is 0 Å². The molecule has 0 saturated carbocycles. The summed E-state index contributed by atoms with van der Waals surface area (Å²) in [6.45, 7) is 7.37. The fourth-order valence-electron chi connectivity index (χ4n) is 2.03. The fourth-order valence-corrected chi connectivity index (χ4v) is 2.33. The number of methoxy groups -OCH3 is 1. The van der Waals surface area contributed by atoms with Crippen LogP contribution in [0.1, 0.15) is 51.6 Å². The van der Waals surface area contributed by atoms with E-state index in [0.717, 1.165) is 25.8 Å². The van der Waals surface area contributed by atoms with Gasteiger partial charge in [0.2, 0.25) is 0 Å². The lowest BCUT2D eigenvalue weighted by molar-refractivity contribution is 0.0117. The maximum absolute atomic E-state index is 6.12. The summed E-state index contributed by atoms with van der Waals surface area (Å²) < 4.78 is 5.50. The van der Waals surface area contributed by atoms with Crippen LogP contribution in [-0.2, 0) is 4.74 Å². The Morgan fingerprint density at radius 1 is 1.25 bits per heavy atom. The molecule has 2 nitrogen and oxygen atoms in total. The highest BCUT2D eigenvalue weighted by molar-refractivity contribution is 6.42. The van der Waals surface area contributed by atoms with Crippen molar-refractivity contribution >= 4 is 23.2 Å². The van der Waals surface area contributed by atoms with Crippen LogP contribution in [-0.4, -0.2) is 19.3 Å². The SMILES string of the molecule is CCCNC(CCC(C)(C)OC)c1ccc(Cl)c(Cl)c1. The van der Waals surface area contributed by atoms with Gasteiger partial charge in [-0.1, -0.05) is 36.2 Å². The zero-order valence-electron chi connectivity index (χ0n) is 12.8. The molecule has 1 N–H and O–H groups in total. The predicted octanol–water partition coefficient (Wildman–Crippen LogP) is 5.24. The molecule has 0 fully saturated rings. The molecular formula is C16H25Cl2NO. The standard InChI is InChI=1S/C16H25Cl2NO/c1-5-10-19-15(8-9-16(2,3)20-4)12-6-7-13(17)14(18)11-12/h6-7,11,15,19H,5,8-10H2,1-4H3. The van der Waals surface area contributed by atoms with Gasteiger partial charge in [0.15, 0.2) is 0 Å². The van der Waals surface area contributed by atoms with E-state index in [4.69, 9.17) is 27.9 Å². The van der Waals surface area contributed by atoms with E-state index in [0.29, 0.717) is 10.0 Å². The molecule has 0 amide bonds. The summed E-state index contributed by atoms with van der Waals surface area (Å²) in [6.07, 6.45) is 3.08. The van der Waals surface area contributed by atoms with E-state index in [9.17, 15) is 0 Å². The van der Waals surface area contributed by atoms with E-state index in [-0.39, 0.29) is 11.6 Å². The Balaban J connectivity index is 2.79. The zero-order chi connectivity index (χ0) is 15.2. The van der Waals surface area contributed by atoms with Crippen LogP contribution in [0, 0.1) is 0 Å². The van der Waals surface area contributed by atoms with Gasteiger partial charge in [-0.25, -0.2) is 0 Å². The topological polar surface area (TPSA) is 21.3 Å². The summed E-state index contributed by atoms with van der Waals surface area (Å²) in [5.41, 5.74) is 1.07. The third-order valence-corrected chi connectivity index (χ3v) is 4.31. The second-order valence-electron chi connectivity index (χ2n) is 5.68. The first-order valence-electron chi connectivity index (χ1n) is 7.13. The number of hydrogen-bond acceptors (Lipinski definition) is 2. The molecule has 0 aliphatic rings. The first-order valence-corrected chi connectivity index (χ1v) is 7.88. The Morgan fingerprint density at radius 2 is 1.95 bits per heavy atom. The van der Waals surface area contributed by atoms with E-state index in [1.807, 2.05) is 18.2 Å². The molecule has 20 heavy (non-hydrogen) atoms. The van der Waals surface area contributed by atoms with Crippen molar-refractivity contribution in [3.8, 4) is 0 Å². The fraction of sp³-hybridized carbons (Fsp3) is 0.625. The molecule has 1 rings (SSSR count). The maximum Gasteiger partial charge on any atom is 0.0623 e. The molecule has 0 bridgehead atoms. The Bertz CT molecular complexity index is 421. The van der Waals surface area contributed by atoms with Crippen LogP contribution >= 0.6 is 23.2 Å². The van der Waals surface area contributed by atoms with Crippen LogP contribution in [0.3, 0.4) is 0 Å². The Morgan fingerprint density at radius 3 is 2.50 bits per heavy atom. The molecule has 114 valence electrons. The van der Waals surface area contributed by atoms with Crippen molar-refractivity contribution in [3.05, 3.63) is 33.8 Å². The third kappa shape index (κ3) is 5.61. The molecule has 0 aliphatic carbocycles. The molecule has 0 spiro atoms. The van der Waals surface area contributed by atoms with Crippen LogP contribution < -0.4 is 5.32 Å². The van der Waals surface area contributed by atoms with E-state index >= 15 is 0 Å². The van der Waals surface area contributed by atoms with Gasteiger partial charge in [0.25, 0.3) is 0 Å². The van der Waals surface area contributed by atoms with E-state index in [1.165, 1.54) is 5.56 Å². The van der Waals surface area contributed by atoms with Gasteiger partial charge in [-0.05, 0) is 57.4 Å². The van der Waals surface area contributed by atoms with Crippen molar-refractivity contribution in [2.75, 3.05) is 13.7 Å². The first kappa shape index (κ1) is 17.8. The quantitative estimate of drug-likeness (QED) is 0.708. The summed E-state index contributed by atoms with van der Waals surface area (Å²) in [5.74, 6) is 0. The van der Waals surface area contributed by atoms with Crippen LogP contribution in [0.15, 0.2) is 18.2 Å². The Labute approximate surface area is 132 Å². The van der Waals surface area contributed by atoms with Gasteiger partial charge in [-0.3, -0.25) is 0 Å². The normalized spacial score (nSPS) is 13.5. The average molecular weight is 318 g/mol. The lowest BCUT2D eigenvalue weighted by atomic mass is 9.95. The summed E-state index contributed by atoms with van der Waals surface area (Å²) in [7, 11) is 1.76. The highest BCUT2D eigenvalue weighted by Crippen LogP contribution is 2.29. The molecule has 0 saturated heterocycles.